The van der Waals surface area contributed by atoms with Gasteiger partial charge in [0, 0.05) is 17.1 Å². The molecule has 124 valence electrons. The highest BCUT2D eigenvalue weighted by molar-refractivity contribution is 7.99. The van der Waals surface area contributed by atoms with E-state index in [4.69, 9.17) is 17.4 Å². The molecular formula is C15H20ClN5OS. The van der Waals surface area contributed by atoms with Crippen LogP contribution < -0.4 is 11.2 Å². The molecule has 0 saturated heterocycles. The van der Waals surface area contributed by atoms with Crippen LogP contribution in [0.25, 0.3) is 11.4 Å². The van der Waals surface area contributed by atoms with Gasteiger partial charge in [-0.1, -0.05) is 49.3 Å². The van der Waals surface area contributed by atoms with Crippen molar-refractivity contribution in [1.29, 1.82) is 0 Å². The second-order valence-corrected chi connectivity index (χ2v) is 6.89. The molecule has 0 aliphatic heterocycles. The number of aromatic nitrogens is 3. The van der Waals surface area contributed by atoms with Gasteiger partial charge in [0.25, 0.3) is 0 Å². The first kappa shape index (κ1) is 17.6. The number of rotatable bonds is 7. The third kappa shape index (κ3) is 5.14. The topological polar surface area (TPSA) is 85.8 Å². The minimum Gasteiger partial charge on any atom is -0.355 e. The number of nitrogens with one attached hydrogen (secondary N) is 1. The van der Waals surface area contributed by atoms with Gasteiger partial charge in [-0.15, -0.1) is 10.2 Å². The molecule has 2 aromatic rings. The van der Waals surface area contributed by atoms with Gasteiger partial charge in [0.15, 0.2) is 5.82 Å². The van der Waals surface area contributed by atoms with E-state index < -0.39 is 0 Å². The molecule has 6 nitrogen and oxygen atoms in total. The van der Waals surface area contributed by atoms with Gasteiger partial charge in [0.05, 0.1) is 5.75 Å². The molecule has 0 aliphatic carbocycles. The largest absolute Gasteiger partial charge is 0.355 e. The molecule has 0 atom stereocenters. The minimum absolute atomic E-state index is 0.0389. The normalized spacial score (nSPS) is 11.0. The molecule has 0 radical (unpaired) electrons. The van der Waals surface area contributed by atoms with Crippen molar-refractivity contribution in [3.05, 3.63) is 29.3 Å². The van der Waals surface area contributed by atoms with Crippen molar-refractivity contribution in [2.45, 2.75) is 25.4 Å². The summed E-state index contributed by atoms with van der Waals surface area (Å²) in [7, 11) is 0. The average Bonchev–Trinajstić information content (AvgIpc) is 2.86. The molecule has 23 heavy (non-hydrogen) atoms. The first-order valence-corrected chi connectivity index (χ1v) is 8.69. The van der Waals surface area contributed by atoms with E-state index in [0.717, 1.165) is 12.0 Å². The van der Waals surface area contributed by atoms with E-state index in [1.54, 1.807) is 12.1 Å². The van der Waals surface area contributed by atoms with Crippen LogP contribution in [-0.2, 0) is 4.79 Å². The highest BCUT2D eigenvalue weighted by Gasteiger charge is 2.14. The van der Waals surface area contributed by atoms with Gasteiger partial charge >= 0.3 is 0 Å². The van der Waals surface area contributed by atoms with E-state index in [0.29, 0.717) is 28.5 Å². The summed E-state index contributed by atoms with van der Waals surface area (Å²) in [5.74, 6) is 7.30. The van der Waals surface area contributed by atoms with Crippen LogP contribution in [0.15, 0.2) is 29.4 Å². The van der Waals surface area contributed by atoms with Crippen molar-refractivity contribution in [2.75, 3.05) is 18.1 Å². The number of hydrogen-bond acceptors (Lipinski definition) is 5. The number of nitrogen functional groups attached to an aromatic ring is 1. The van der Waals surface area contributed by atoms with Crippen molar-refractivity contribution in [1.82, 2.24) is 20.2 Å². The highest BCUT2D eigenvalue weighted by Crippen LogP contribution is 2.23. The van der Waals surface area contributed by atoms with Crippen molar-refractivity contribution < 1.29 is 4.79 Å². The van der Waals surface area contributed by atoms with Crippen molar-refractivity contribution in [2.24, 2.45) is 5.92 Å². The van der Waals surface area contributed by atoms with Crippen LogP contribution in [0.2, 0.25) is 5.02 Å². The zero-order valence-corrected chi connectivity index (χ0v) is 14.7. The Bertz CT molecular complexity index is 674. The fraction of sp³-hybridized carbons (Fsp3) is 0.400. The Morgan fingerprint density at radius 3 is 2.91 bits per heavy atom. The van der Waals surface area contributed by atoms with Gasteiger partial charge < -0.3 is 11.2 Å². The van der Waals surface area contributed by atoms with E-state index in [1.165, 1.54) is 16.4 Å². The number of carbonyl (C=O) groups excluding carboxylic acids is 1. The fourth-order valence-corrected chi connectivity index (χ4v) is 2.76. The lowest BCUT2D eigenvalue weighted by molar-refractivity contribution is -0.118. The number of halogens is 1. The maximum Gasteiger partial charge on any atom is 0.230 e. The molecular weight excluding hydrogens is 334 g/mol. The molecule has 2 rings (SSSR count). The molecule has 0 aliphatic rings. The van der Waals surface area contributed by atoms with Gasteiger partial charge in [0.2, 0.25) is 11.1 Å². The molecule has 0 saturated carbocycles. The summed E-state index contributed by atoms with van der Waals surface area (Å²) in [5, 5.41) is 12.1. The summed E-state index contributed by atoms with van der Waals surface area (Å²) in [6, 6.07) is 7.22. The zero-order valence-electron chi connectivity index (χ0n) is 13.1. The number of amides is 1. The second kappa shape index (κ2) is 8.21. The van der Waals surface area contributed by atoms with Crippen molar-refractivity contribution in [3.63, 3.8) is 0 Å². The SMILES string of the molecule is CC(C)CCNC(=O)CSc1nnc(-c2cccc(Cl)c2)n1N. The van der Waals surface area contributed by atoms with Gasteiger partial charge in [-0.3, -0.25) is 4.79 Å². The van der Waals surface area contributed by atoms with E-state index in [2.05, 4.69) is 29.4 Å². The monoisotopic (exact) mass is 353 g/mol. The number of hydrogen-bond donors (Lipinski definition) is 2. The lowest BCUT2D eigenvalue weighted by atomic mass is 10.1. The van der Waals surface area contributed by atoms with Crippen molar-refractivity contribution in [3.8, 4) is 11.4 Å². The third-order valence-electron chi connectivity index (χ3n) is 3.12. The van der Waals surface area contributed by atoms with Crippen molar-refractivity contribution >= 4 is 29.3 Å². The van der Waals surface area contributed by atoms with Gasteiger partial charge in [0.1, 0.15) is 0 Å². The summed E-state index contributed by atoms with van der Waals surface area (Å²) in [4.78, 5) is 11.8. The number of carbonyl (C=O) groups is 1. The standard InChI is InChI=1S/C15H20ClN5OS/c1-10(2)6-7-18-13(22)9-23-15-20-19-14(21(15)17)11-4-3-5-12(16)8-11/h3-5,8,10H,6-7,9,17H2,1-2H3,(H,18,22). The van der Waals surface area contributed by atoms with Crippen LogP contribution >= 0.6 is 23.4 Å². The predicted molar refractivity (Wildman–Crippen MR) is 93.8 cm³/mol. The van der Waals surface area contributed by atoms with Gasteiger partial charge in [-0.25, -0.2) is 4.68 Å². The number of thioether (sulfide) groups is 1. The first-order chi connectivity index (χ1) is 11.0. The zero-order chi connectivity index (χ0) is 16.8. The Balaban J connectivity index is 1.93. The highest BCUT2D eigenvalue weighted by atomic mass is 35.5. The van der Waals surface area contributed by atoms with Crippen LogP contribution in [0.3, 0.4) is 0 Å². The number of nitrogens with two attached hydrogens (primary N) is 1. The lowest BCUT2D eigenvalue weighted by Crippen LogP contribution is -2.27. The summed E-state index contributed by atoms with van der Waals surface area (Å²) in [6.07, 6.45) is 0.961. The maximum absolute atomic E-state index is 11.8. The fourth-order valence-electron chi connectivity index (χ4n) is 1.88. The van der Waals surface area contributed by atoms with E-state index in [-0.39, 0.29) is 11.7 Å². The lowest BCUT2D eigenvalue weighted by Gasteiger charge is -2.07. The summed E-state index contributed by atoms with van der Waals surface area (Å²) in [6.45, 7) is 4.92. The van der Waals surface area contributed by atoms with E-state index in [9.17, 15) is 4.79 Å². The van der Waals surface area contributed by atoms with Crippen LogP contribution in [0.5, 0.6) is 0 Å². The quantitative estimate of drug-likeness (QED) is 0.590. The molecule has 1 heterocycles. The van der Waals surface area contributed by atoms with Gasteiger partial charge in [-0.05, 0) is 24.5 Å². The van der Waals surface area contributed by atoms with Gasteiger partial charge in [-0.2, -0.15) is 0 Å². The van der Waals surface area contributed by atoms with Crippen LogP contribution in [0.4, 0.5) is 0 Å². The molecule has 1 aromatic carbocycles. The number of benzene rings is 1. The molecule has 3 N–H and O–H groups in total. The molecule has 0 bridgehead atoms. The Morgan fingerprint density at radius 2 is 2.22 bits per heavy atom. The van der Waals surface area contributed by atoms with E-state index in [1.807, 2.05) is 12.1 Å². The smallest absolute Gasteiger partial charge is 0.230 e. The average molecular weight is 354 g/mol. The molecule has 1 amide bonds. The van der Waals surface area contributed by atoms with Crippen LogP contribution in [-0.4, -0.2) is 33.1 Å². The van der Waals surface area contributed by atoms with E-state index >= 15 is 0 Å². The third-order valence-corrected chi connectivity index (χ3v) is 4.30. The Labute approximate surface area is 144 Å². The Kier molecular flexibility index (Phi) is 6.29. The Morgan fingerprint density at radius 1 is 1.43 bits per heavy atom. The molecule has 1 aromatic heterocycles. The molecule has 0 fully saturated rings. The predicted octanol–water partition coefficient (Wildman–Crippen LogP) is 2.57. The maximum atomic E-state index is 11.8. The van der Waals surface area contributed by atoms with Crippen LogP contribution in [0, 0.1) is 5.92 Å². The van der Waals surface area contributed by atoms with Crippen LogP contribution in [0.1, 0.15) is 20.3 Å². The Hall–Kier alpha value is -1.73. The molecule has 0 spiro atoms. The minimum atomic E-state index is -0.0389. The molecule has 0 unspecified atom stereocenters. The second-order valence-electron chi connectivity index (χ2n) is 5.51. The summed E-state index contributed by atoms with van der Waals surface area (Å²) in [5.41, 5.74) is 0.778. The molecule has 8 heteroatoms. The summed E-state index contributed by atoms with van der Waals surface area (Å²) < 4.78 is 1.37. The number of nitrogens with zero attached hydrogens (tertiary/aromatic N) is 3. The first-order valence-electron chi connectivity index (χ1n) is 7.33. The summed E-state index contributed by atoms with van der Waals surface area (Å²) >= 11 is 7.22.